The fraction of sp³-hybridized carbons (Fsp3) is 0.133. The summed E-state index contributed by atoms with van der Waals surface area (Å²) in [5, 5.41) is 4.33. The summed E-state index contributed by atoms with van der Waals surface area (Å²) < 4.78 is 20.2. The van der Waals surface area contributed by atoms with Crippen molar-refractivity contribution in [2.75, 3.05) is 6.61 Å². The molecule has 3 rings (SSSR count). The van der Waals surface area contributed by atoms with Gasteiger partial charge in [0.05, 0.1) is 23.4 Å². The number of esters is 1. The minimum atomic E-state index is -0.445. The Morgan fingerprint density at radius 3 is 2.77 bits per heavy atom. The van der Waals surface area contributed by atoms with Crippen molar-refractivity contribution < 1.29 is 13.9 Å². The number of halogens is 2. The quantitative estimate of drug-likeness (QED) is 0.668. The number of rotatable bonds is 3. The van der Waals surface area contributed by atoms with Gasteiger partial charge >= 0.3 is 5.97 Å². The molecule has 0 radical (unpaired) electrons. The lowest BCUT2D eigenvalue weighted by Crippen LogP contribution is -2.05. The fourth-order valence-electron chi connectivity index (χ4n) is 2.07. The summed E-state index contributed by atoms with van der Waals surface area (Å²) in [4.78, 5) is 16.1. The van der Waals surface area contributed by atoms with Crippen LogP contribution >= 0.6 is 15.9 Å². The van der Waals surface area contributed by atoms with Crippen molar-refractivity contribution in [2.45, 2.75) is 6.92 Å². The zero-order valence-electron chi connectivity index (χ0n) is 11.6. The second kappa shape index (κ2) is 5.84. The first-order valence-corrected chi connectivity index (χ1v) is 7.37. The molecule has 0 spiro atoms. The van der Waals surface area contributed by atoms with Gasteiger partial charge in [0, 0.05) is 6.20 Å². The molecule has 3 aromatic rings. The van der Waals surface area contributed by atoms with Crippen LogP contribution < -0.4 is 0 Å². The van der Waals surface area contributed by atoms with Crippen LogP contribution in [-0.2, 0) is 4.74 Å². The van der Waals surface area contributed by atoms with Crippen molar-refractivity contribution in [1.82, 2.24) is 14.8 Å². The summed E-state index contributed by atoms with van der Waals surface area (Å²) in [5.74, 6) is -0.774. The molecule has 1 aromatic carbocycles. The van der Waals surface area contributed by atoms with Gasteiger partial charge < -0.3 is 4.74 Å². The fourth-order valence-corrected chi connectivity index (χ4v) is 2.53. The van der Waals surface area contributed by atoms with Crippen LogP contribution in [0.4, 0.5) is 4.39 Å². The highest BCUT2D eigenvalue weighted by Crippen LogP contribution is 2.25. The Bertz CT molecular complexity index is 846. The highest BCUT2D eigenvalue weighted by Gasteiger charge is 2.15. The molecular formula is C15H11BrFN3O2. The Hall–Kier alpha value is -2.28. The molecule has 2 heterocycles. The molecule has 0 unspecified atom stereocenters. The van der Waals surface area contributed by atoms with E-state index in [0.29, 0.717) is 26.9 Å². The van der Waals surface area contributed by atoms with Gasteiger partial charge in [0.25, 0.3) is 0 Å². The highest BCUT2D eigenvalue weighted by molar-refractivity contribution is 9.10. The Labute approximate surface area is 133 Å². The van der Waals surface area contributed by atoms with Gasteiger partial charge in [-0.1, -0.05) is 0 Å². The number of hydrogen-bond acceptors (Lipinski definition) is 4. The average Bonchev–Trinajstić information content (AvgIpc) is 2.85. The first kappa shape index (κ1) is 14.6. The summed E-state index contributed by atoms with van der Waals surface area (Å²) in [6.45, 7) is 2.03. The SMILES string of the molecule is CCOC(=O)c1cnc2c(Br)nn(-c3ccc(F)cc3)c2c1. The normalized spacial score (nSPS) is 10.9. The van der Waals surface area contributed by atoms with E-state index in [0.717, 1.165) is 0 Å². The van der Waals surface area contributed by atoms with Crippen LogP contribution in [-0.4, -0.2) is 27.3 Å². The maximum Gasteiger partial charge on any atom is 0.339 e. The molecular weight excluding hydrogens is 353 g/mol. The summed E-state index contributed by atoms with van der Waals surface area (Å²) in [7, 11) is 0. The molecule has 22 heavy (non-hydrogen) atoms. The minimum Gasteiger partial charge on any atom is -0.462 e. The predicted molar refractivity (Wildman–Crippen MR) is 82.5 cm³/mol. The van der Waals surface area contributed by atoms with E-state index in [4.69, 9.17) is 4.74 Å². The molecule has 7 heteroatoms. The summed E-state index contributed by atoms with van der Waals surface area (Å²) in [6, 6.07) is 7.55. The van der Waals surface area contributed by atoms with E-state index in [-0.39, 0.29) is 12.4 Å². The monoisotopic (exact) mass is 363 g/mol. The highest BCUT2D eigenvalue weighted by atomic mass is 79.9. The lowest BCUT2D eigenvalue weighted by atomic mass is 10.2. The third kappa shape index (κ3) is 2.59. The third-order valence-electron chi connectivity index (χ3n) is 3.06. The van der Waals surface area contributed by atoms with E-state index in [1.165, 1.54) is 18.3 Å². The van der Waals surface area contributed by atoms with Crippen molar-refractivity contribution in [3.05, 3.63) is 52.5 Å². The maximum atomic E-state index is 13.1. The van der Waals surface area contributed by atoms with Crippen molar-refractivity contribution >= 4 is 32.9 Å². The van der Waals surface area contributed by atoms with Crippen molar-refractivity contribution in [2.24, 2.45) is 0 Å². The molecule has 2 aromatic heterocycles. The lowest BCUT2D eigenvalue weighted by Gasteiger charge is -2.05. The van der Waals surface area contributed by atoms with E-state index in [1.807, 2.05) is 0 Å². The summed E-state index contributed by atoms with van der Waals surface area (Å²) in [6.07, 6.45) is 1.45. The second-order valence-corrected chi connectivity index (χ2v) is 5.24. The molecule has 0 aliphatic rings. The molecule has 5 nitrogen and oxygen atoms in total. The van der Waals surface area contributed by atoms with Gasteiger partial charge in [0.1, 0.15) is 11.3 Å². The van der Waals surface area contributed by atoms with Gasteiger partial charge in [0.15, 0.2) is 4.60 Å². The van der Waals surface area contributed by atoms with Crippen LogP contribution in [0, 0.1) is 5.82 Å². The molecule has 0 amide bonds. The number of nitrogens with zero attached hydrogens (tertiary/aromatic N) is 3. The van der Waals surface area contributed by atoms with Crippen LogP contribution in [0.15, 0.2) is 41.1 Å². The number of hydrogen-bond donors (Lipinski definition) is 0. The Morgan fingerprint density at radius 2 is 2.09 bits per heavy atom. The average molecular weight is 364 g/mol. The molecule has 0 N–H and O–H groups in total. The topological polar surface area (TPSA) is 57.0 Å². The summed E-state index contributed by atoms with van der Waals surface area (Å²) >= 11 is 3.34. The minimum absolute atomic E-state index is 0.289. The molecule has 0 aliphatic carbocycles. The number of aromatic nitrogens is 3. The number of fused-ring (bicyclic) bond motifs is 1. The van der Waals surface area contributed by atoms with Crippen molar-refractivity contribution in [1.29, 1.82) is 0 Å². The molecule has 0 atom stereocenters. The van der Waals surface area contributed by atoms with Crippen LogP contribution in [0.1, 0.15) is 17.3 Å². The van der Waals surface area contributed by atoms with E-state index in [1.54, 1.807) is 29.8 Å². The van der Waals surface area contributed by atoms with Crippen LogP contribution in [0.5, 0.6) is 0 Å². The smallest absolute Gasteiger partial charge is 0.339 e. The van der Waals surface area contributed by atoms with E-state index in [2.05, 4.69) is 26.0 Å². The number of carbonyl (C=O) groups is 1. The van der Waals surface area contributed by atoms with Gasteiger partial charge in [-0.3, -0.25) is 4.98 Å². The van der Waals surface area contributed by atoms with Gasteiger partial charge in [0.2, 0.25) is 0 Å². The van der Waals surface area contributed by atoms with Crippen molar-refractivity contribution in [3.63, 3.8) is 0 Å². The third-order valence-corrected chi connectivity index (χ3v) is 3.60. The predicted octanol–water partition coefficient (Wildman–Crippen LogP) is 3.50. The Balaban J connectivity index is 2.16. The number of ether oxygens (including phenoxy) is 1. The number of benzene rings is 1. The van der Waals surface area contributed by atoms with Gasteiger partial charge in [-0.2, -0.15) is 5.10 Å². The van der Waals surface area contributed by atoms with Crippen LogP contribution in [0.3, 0.4) is 0 Å². The van der Waals surface area contributed by atoms with Gasteiger partial charge in [-0.25, -0.2) is 13.9 Å². The standard InChI is InChI=1S/C15H11BrFN3O2/c1-2-22-15(21)9-7-12-13(18-8-9)14(16)19-20(12)11-5-3-10(17)4-6-11/h3-8H,2H2,1H3. The van der Waals surface area contributed by atoms with E-state index in [9.17, 15) is 9.18 Å². The van der Waals surface area contributed by atoms with Crippen LogP contribution in [0.25, 0.3) is 16.7 Å². The zero-order chi connectivity index (χ0) is 15.7. The first-order valence-electron chi connectivity index (χ1n) is 6.57. The Kier molecular flexibility index (Phi) is 3.89. The molecule has 0 saturated heterocycles. The summed E-state index contributed by atoms with van der Waals surface area (Å²) in [5.41, 5.74) is 2.24. The maximum absolute atomic E-state index is 13.1. The largest absolute Gasteiger partial charge is 0.462 e. The van der Waals surface area contributed by atoms with Crippen LogP contribution in [0.2, 0.25) is 0 Å². The second-order valence-electron chi connectivity index (χ2n) is 4.49. The van der Waals surface area contributed by atoms with Gasteiger partial charge in [-0.05, 0) is 53.2 Å². The van der Waals surface area contributed by atoms with E-state index < -0.39 is 5.97 Å². The van der Waals surface area contributed by atoms with Gasteiger partial charge in [-0.15, -0.1) is 0 Å². The van der Waals surface area contributed by atoms with Crippen molar-refractivity contribution in [3.8, 4) is 5.69 Å². The molecule has 0 bridgehead atoms. The molecule has 0 fully saturated rings. The first-order chi connectivity index (χ1) is 10.6. The Morgan fingerprint density at radius 1 is 1.36 bits per heavy atom. The van der Waals surface area contributed by atoms with E-state index >= 15 is 0 Å². The number of carbonyl (C=O) groups excluding carboxylic acids is 1. The molecule has 0 aliphatic heterocycles. The number of pyridine rings is 1. The zero-order valence-corrected chi connectivity index (χ0v) is 13.2. The molecule has 112 valence electrons. The lowest BCUT2D eigenvalue weighted by molar-refractivity contribution is 0.0526. The molecule has 0 saturated carbocycles.